The number of hydrogen-bond acceptors (Lipinski definition) is 4. The largest absolute Gasteiger partial charge is 0.495 e. The Morgan fingerprint density at radius 1 is 1.10 bits per heavy atom. The van der Waals surface area contributed by atoms with Gasteiger partial charge in [0.25, 0.3) is 5.91 Å². The number of benzene rings is 2. The number of rotatable bonds is 7. The van der Waals surface area contributed by atoms with Crippen LogP contribution in [0.5, 0.6) is 5.75 Å². The lowest BCUT2D eigenvalue weighted by Gasteiger charge is -2.20. The summed E-state index contributed by atoms with van der Waals surface area (Å²) in [7, 11) is -2.70. The minimum absolute atomic E-state index is 0.0135. The van der Waals surface area contributed by atoms with Gasteiger partial charge in [0, 0.05) is 24.3 Å². The third-order valence-corrected chi connectivity index (χ3v) is 6.35. The van der Waals surface area contributed by atoms with Gasteiger partial charge in [0.2, 0.25) is 10.0 Å². The highest BCUT2D eigenvalue weighted by molar-refractivity contribution is 7.89. The zero-order valence-corrected chi connectivity index (χ0v) is 17.2. The molecule has 0 bridgehead atoms. The molecular weight excluding hydrogens is 428 g/mol. The first-order valence-corrected chi connectivity index (χ1v) is 10.3. The molecule has 0 atom stereocenters. The summed E-state index contributed by atoms with van der Waals surface area (Å²) in [4.78, 5) is 12.3. The zero-order chi connectivity index (χ0) is 22.7. The van der Waals surface area contributed by atoms with E-state index in [4.69, 9.17) is 4.74 Å². The average Bonchev–Trinajstić information content (AvgIpc) is 2.68. The number of alkyl halides is 3. The summed E-state index contributed by atoms with van der Waals surface area (Å²) in [6, 6.07) is 5.64. The Kier molecular flexibility index (Phi) is 7.09. The van der Waals surface area contributed by atoms with Gasteiger partial charge in [-0.1, -0.05) is 13.8 Å². The second-order valence-corrected chi connectivity index (χ2v) is 8.01. The molecule has 0 aromatic heterocycles. The fourth-order valence-electron chi connectivity index (χ4n) is 2.75. The Balaban J connectivity index is 2.43. The van der Waals surface area contributed by atoms with Gasteiger partial charge in [0.1, 0.15) is 16.5 Å². The number of anilines is 1. The summed E-state index contributed by atoms with van der Waals surface area (Å²) < 4.78 is 84.0. The first-order chi connectivity index (χ1) is 13.9. The number of nitrogens with one attached hydrogen (secondary N) is 1. The van der Waals surface area contributed by atoms with Gasteiger partial charge in [0.15, 0.2) is 0 Å². The van der Waals surface area contributed by atoms with Gasteiger partial charge < -0.3 is 10.1 Å². The molecule has 6 nitrogen and oxygen atoms in total. The van der Waals surface area contributed by atoms with Crippen molar-refractivity contribution in [3.8, 4) is 5.75 Å². The quantitative estimate of drug-likeness (QED) is 0.646. The summed E-state index contributed by atoms with van der Waals surface area (Å²) >= 11 is 0. The number of sulfonamides is 1. The van der Waals surface area contributed by atoms with Crippen molar-refractivity contribution in [1.29, 1.82) is 0 Å². The molecule has 0 aliphatic heterocycles. The summed E-state index contributed by atoms with van der Waals surface area (Å²) in [6.45, 7) is 3.68. The maximum atomic E-state index is 13.4. The normalized spacial score (nSPS) is 12.1. The molecule has 0 radical (unpaired) electrons. The van der Waals surface area contributed by atoms with Crippen LogP contribution in [0.25, 0.3) is 0 Å². The molecule has 1 amide bonds. The Morgan fingerprint density at radius 2 is 1.73 bits per heavy atom. The van der Waals surface area contributed by atoms with E-state index in [9.17, 15) is 30.8 Å². The minimum atomic E-state index is -4.93. The first-order valence-electron chi connectivity index (χ1n) is 8.82. The van der Waals surface area contributed by atoms with E-state index in [1.54, 1.807) is 13.8 Å². The smallest absolute Gasteiger partial charge is 0.419 e. The second-order valence-electron chi connectivity index (χ2n) is 6.10. The van der Waals surface area contributed by atoms with Crippen LogP contribution in [0.4, 0.5) is 23.2 Å². The molecule has 2 aromatic carbocycles. The van der Waals surface area contributed by atoms with Crippen LogP contribution in [0.2, 0.25) is 0 Å². The molecule has 2 aromatic rings. The molecule has 30 heavy (non-hydrogen) atoms. The van der Waals surface area contributed by atoms with Crippen LogP contribution in [0.3, 0.4) is 0 Å². The van der Waals surface area contributed by atoms with Crippen molar-refractivity contribution in [1.82, 2.24) is 4.31 Å². The van der Waals surface area contributed by atoms with E-state index in [1.807, 2.05) is 0 Å². The lowest BCUT2D eigenvalue weighted by atomic mass is 10.1. The summed E-state index contributed by atoms with van der Waals surface area (Å²) in [5, 5.41) is 2.22. The van der Waals surface area contributed by atoms with Gasteiger partial charge in [-0.2, -0.15) is 17.5 Å². The van der Waals surface area contributed by atoms with Gasteiger partial charge in [-0.05, 0) is 36.4 Å². The Bertz CT molecular complexity index is 1040. The van der Waals surface area contributed by atoms with Crippen LogP contribution < -0.4 is 10.1 Å². The highest BCUT2D eigenvalue weighted by Gasteiger charge is 2.34. The summed E-state index contributed by atoms with van der Waals surface area (Å²) in [5.74, 6) is -2.33. The van der Waals surface area contributed by atoms with E-state index < -0.39 is 33.5 Å². The topological polar surface area (TPSA) is 75.7 Å². The maximum absolute atomic E-state index is 13.4. The van der Waals surface area contributed by atoms with E-state index in [1.165, 1.54) is 23.5 Å². The second kappa shape index (κ2) is 9.00. The zero-order valence-electron chi connectivity index (χ0n) is 16.4. The standard InChI is InChI=1S/C19H20F4N2O4S/c1-4-25(5-2)30(27,28)17-10-12(6-9-16(17)29-3)18(26)24-13-7-8-15(20)14(11-13)19(21,22)23/h6-11H,4-5H2,1-3H3,(H,24,26). The molecule has 2 rings (SSSR count). The number of halogens is 4. The van der Waals surface area contributed by atoms with E-state index in [-0.39, 0.29) is 35.0 Å². The molecule has 0 unspecified atom stereocenters. The third kappa shape index (κ3) is 4.90. The number of carbonyl (C=O) groups is 1. The molecule has 0 aliphatic rings. The number of nitrogens with zero attached hydrogens (tertiary/aromatic N) is 1. The van der Waals surface area contributed by atoms with E-state index in [0.717, 1.165) is 12.1 Å². The molecule has 164 valence electrons. The van der Waals surface area contributed by atoms with Gasteiger partial charge in [-0.3, -0.25) is 4.79 Å². The SMILES string of the molecule is CCN(CC)S(=O)(=O)c1cc(C(=O)Nc2ccc(F)c(C(F)(F)F)c2)ccc1OC. The van der Waals surface area contributed by atoms with Crippen molar-refractivity contribution >= 4 is 21.6 Å². The lowest BCUT2D eigenvalue weighted by molar-refractivity contribution is -0.139. The first kappa shape index (κ1) is 23.6. The lowest BCUT2D eigenvalue weighted by Crippen LogP contribution is -2.31. The fourth-order valence-corrected chi connectivity index (χ4v) is 4.39. The predicted octanol–water partition coefficient (Wildman–Crippen LogP) is 4.14. The number of carbonyl (C=O) groups excluding carboxylic acids is 1. The van der Waals surface area contributed by atoms with Crippen molar-refractivity contribution < 1.29 is 35.5 Å². The average molecular weight is 448 g/mol. The van der Waals surface area contributed by atoms with Crippen LogP contribution in [0.15, 0.2) is 41.3 Å². The van der Waals surface area contributed by atoms with Gasteiger partial charge >= 0.3 is 6.18 Å². The highest BCUT2D eigenvalue weighted by atomic mass is 32.2. The van der Waals surface area contributed by atoms with Gasteiger partial charge in [-0.25, -0.2) is 12.8 Å². The Morgan fingerprint density at radius 3 is 2.27 bits per heavy atom. The van der Waals surface area contributed by atoms with Crippen molar-refractivity contribution in [2.75, 3.05) is 25.5 Å². The van der Waals surface area contributed by atoms with Crippen LogP contribution >= 0.6 is 0 Å². The molecular formula is C19H20F4N2O4S. The molecule has 0 heterocycles. The predicted molar refractivity (Wildman–Crippen MR) is 102 cm³/mol. The number of hydrogen-bond donors (Lipinski definition) is 1. The van der Waals surface area contributed by atoms with Gasteiger partial charge in [0.05, 0.1) is 12.7 Å². The maximum Gasteiger partial charge on any atom is 0.419 e. The summed E-state index contributed by atoms with van der Waals surface area (Å²) in [5.41, 5.74) is -1.95. The minimum Gasteiger partial charge on any atom is -0.495 e. The molecule has 0 saturated carbocycles. The van der Waals surface area contributed by atoms with Crippen LogP contribution in [0, 0.1) is 5.82 Å². The number of amides is 1. The van der Waals surface area contributed by atoms with Crippen molar-refractivity contribution in [3.63, 3.8) is 0 Å². The summed E-state index contributed by atoms with van der Waals surface area (Å²) in [6.07, 6.45) is -4.93. The molecule has 0 spiro atoms. The van der Waals surface area contributed by atoms with Crippen LogP contribution in [0.1, 0.15) is 29.8 Å². The highest BCUT2D eigenvalue weighted by Crippen LogP contribution is 2.33. The number of methoxy groups -OCH3 is 1. The van der Waals surface area contributed by atoms with Crippen LogP contribution in [-0.2, 0) is 16.2 Å². The van der Waals surface area contributed by atoms with E-state index >= 15 is 0 Å². The molecule has 0 saturated heterocycles. The number of ether oxygens (including phenoxy) is 1. The Hall–Kier alpha value is -2.66. The van der Waals surface area contributed by atoms with Crippen molar-refractivity contribution in [2.45, 2.75) is 24.9 Å². The van der Waals surface area contributed by atoms with Crippen LogP contribution in [-0.4, -0.2) is 38.8 Å². The molecule has 11 heteroatoms. The third-order valence-electron chi connectivity index (χ3n) is 4.28. The molecule has 0 aliphatic carbocycles. The fraction of sp³-hybridized carbons (Fsp3) is 0.316. The van der Waals surface area contributed by atoms with E-state index in [2.05, 4.69) is 5.32 Å². The van der Waals surface area contributed by atoms with E-state index in [0.29, 0.717) is 12.1 Å². The van der Waals surface area contributed by atoms with Crippen molar-refractivity contribution in [3.05, 3.63) is 53.3 Å². The Labute approximate surface area is 171 Å². The van der Waals surface area contributed by atoms with Crippen molar-refractivity contribution in [2.24, 2.45) is 0 Å². The van der Waals surface area contributed by atoms with Gasteiger partial charge in [-0.15, -0.1) is 0 Å². The monoisotopic (exact) mass is 448 g/mol. The molecule has 0 fully saturated rings. The molecule has 1 N–H and O–H groups in total.